The average Bonchev–Trinajstić information content (AvgIpc) is 2.66. The molecule has 15 heavy (non-hydrogen) atoms. The van der Waals surface area contributed by atoms with Crippen molar-refractivity contribution < 1.29 is 9.53 Å². The fraction of sp³-hybridized carbons (Fsp3) is 0.636. The number of carbonyl (C=O) groups excluding carboxylic acids is 1. The predicted molar refractivity (Wildman–Crippen MR) is 61.2 cm³/mol. The van der Waals surface area contributed by atoms with E-state index in [4.69, 9.17) is 4.74 Å². The number of carbonyl (C=O) groups is 1. The molecule has 84 valence electrons. The predicted octanol–water partition coefficient (Wildman–Crippen LogP) is 2.55. The Labute approximate surface area is 94.5 Å². The molecule has 0 amide bonds. The Morgan fingerprint density at radius 3 is 2.80 bits per heavy atom. The third-order valence-corrected chi connectivity index (χ3v) is 3.50. The Kier molecular flexibility index (Phi) is 3.85. The van der Waals surface area contributed by atoms with Gasteiger partial charge in [0.05, 0.1) is 12.8 Å². The van der Waals surface area contributed by atoms with Gasteiger partial charge in [-0.3, -0.25) is 4.79 Å². The molecule has 3 nitrogen and oxygen atoms in total. The zero-order chi connectivity index (χ0) is 11.5. The molecular formula is C11H17NO2S. The molecule has 0 N–H and O–H groups in total. The van der Waals surface area contributed by atoms with Crippen LogP contribution in [0.2, 0.25) is 0 Å². The van der Waals surface area contributed by atoms with Crippen molar-refractivity contribution in [3.8, 4) is 0 Å². The number of rotatable bonds is 4. The number of methoxy groups -OCH3 is 1. The second-order valence-corrected chi connectivity index (χ2v) is 4.87. The molecule has 0 fully saturated rings. The largest absolute Gasteiger partial charge is 0.468 e. The van der Waals surface area contributed by atoms with Crippen LogP contribution >= 0.6 is 11.3 Å². The van der Waals surface area contributed by atoms with Crippen molar-refractivity contribution in [2.24, 2.45) is 0 Å². The van der Waals surface area contributed by atoms with Gasteiger partial charge >= 0.3 is 5.97 Å². The van der Waals surface area contributed by atoms with Crippen molar-refractivity contribution in [2.45, 2.75) is 39.0 Å². The van der Waals surface area contributed by atoms with Crippen LogP contribution in [0.15, 0.2) is 5.38 Å². The molecule has 1 aromatic rings. The summed E-state index contributed by atoms with van der Waals surface area (Å²) in [5.41, 5.74) is 0.431. The summed E-state index contributed by atoms with van der Waals surface area (Å²) in [6.07, 6.45) is 2.04. The first-order valence-electron chi connectivity index (χ1n) is 5.05. The molecule has 0 saturated heterocycles. The van der Waals surface area contributed by atoms with Crippen LogP contribution in [0.4, 0.5) is 0 Å². The van der Waals surface area contributed by atoms with Crippen molar-refractivity contribution >= 4 is 17.3 Å². The van der Waals surface area contributed by atoms with Gasteiger partial charge in [0.1, 0.15) is 10.4 Å². The van der Waals surface area contributed by atoms with Gasteiger partial charge in [0.2, 0.25) is 0 Å². The number of hydrogen-bond donors (Lipinski definition) is 0. The number of aromatic nitrogens is 1. The number of esters is 1. The fourth-order valence-corrected chi connectivity index (χ4v) is 2.27. The third-order valence-electron chi connectivity index (χ3n) is 2.29. The Hall–Kier alpha value is -0.900. The summed E-state index contributed by atoms with van der Waals surface area (Å²) in [6.45, 7) is 5.80. The molecule has 0 bridgehead atoms. The minimum absolute atomic E-state index is 0.236. The summed E-state index contributed by atoms with van der Waals surface area (Å²) < 4.78 is 4.77. The van der Waals surface area contributed by atoms with Gasteiger partial charge in [-0.25, -0.2) is 4.98 Å². The summed E-state index contributed by atoms with van der Waals surface area (Å²) in [4.78, 5) is 16.0. The molecule has 0 aliphatic rings. The third kappa shape index (κ3) is 2.56. The second kappa shape index (κ2) is 4.75. The first-order valence-corrected chi connectivity index (χ1v) is 5.93. The number of thiazole rings is 1. The standard InChI is InChI=1S/C11H17NO2S/c1-5-6-8-7-15-9(12-8)11(2,3)10(13)14-4/h7H,5-6H2,1-4H3. The molecule has 0 spiro atoms. The zero-order valence-electron chi connectivity index (χ0n) is 9.66. The lowest BCUT2D eigenvalue weighted by Crippen LogP contribution is -2.30. The topological polar surface area (TPSA) is 39.2 Å². The molecule has 0 radical (unpaired) electrons. The van der Waals surface area contributed by atoms with Crippen LogP contribution < -0.4 is 0 Å². The van der Waals surface area contributed by atoms with Gasteiger partial charge in [0.25, 0.3) is 0 Å². The van der Waals surface area contributed by atoms with Crippen LogP contribution in [0, 0.1) is 0 Å². The van der Waals surface area contributed by atoms with Crippen molar-refractivity contribution in [3.05, 3.63) is 16.1 Å². The van der Waals surface area contributed by atoms with E-state index in [1.165, 1.54) is 18.4 Å². The number of aryl methyl sites for hydroxylation is 1. The highest BCUT2D eigenvalue weighted by Crippen LogP contribution is 2.27. The van der Waals surface area contributed by atoms with Crippen molar-refractivity contribution in [1.82, 2.24) is 4.98 Å². The Bertz CT molecular complexity index is 344. The van der Waals surface area contributed by atoms with E-state index in [-0.39, 0.29) is 5.97 Å². The van der Waals surface area contributed by atoms with E-state index in [0.717, 1.165) is 23.5 Å². The lowest BCUT2D eigenvalue weighted by molar-refractivity contribution is -0.146. The normalized spacial score (nSPS) is 11.5. The molecule has 0 aliphatic heterocycles. The maximum absolute atomic E-state index is 11.5. The monoisotopic (exact) mass is 227 g/mol. The molecular weight excluding hydrogens is 210 g/mol. The summed E-state index contributed by atoms with van der Waals surface area (Å²) >= 11 is 1.53. The van der Waals surface area contributed by atoms with Gasteiger partial charge in [-0.15, -0.1) is 11.3 Å². The minimum Gasteiger partial charge on any atom is -0.468 e. The first kappa shape index (κ1) is 12.2. The molecule has 1 aromatic heterocycles. The van der Waals surface area contributed by atoms with Crippen LogP contribution in [-0.2, 0) is 21.4 Å². The molecule has 0 atom stereocenters. The molecule has 1 rings (SSSR count). The van der Waals surface area contributed by atoms with Gasteiger partial charge in [-0.1, -0.05) is 13.3 Å². The molecule has 0 saturated carbocycles. The van der Waals surface area contributed by atoms with Gasteiger partial charge in [0.15, 0.2) is 0 Å². The van der Waals surface area contributed by atoms with E-state index in [2.05, 4.69) is 11.9 Å². The zero-order valence-corrected chi connectivity index (χ0v) is 10.5. The summed E-state index contributed by atoms with van der Waals surface area (Å²) in [5, 5.41) is 2.85. The first-order chi connectivity index (χ1) is 7.02. The van der Waals surface area contributed by atoms with E-state index in [1.807, 2.05) is 19.2 Å². The van der Waals surface area contributed by atoms with Crippen molar-refractivity contribution in [3.63, 3.8) is 0 Å². The summed E-state index contributed by atoms with van der Waals surface area (Å²) in [5.74, 6) is -0.236. The number of nitrogens with zero attached hydrogens (tertiary/aromatic N) is 1. The lowest BCUT2D eigenvalue weighted by Gasteiger charge is -2.18. The fourth-order valence-electron chi connectivity index (χ4n) is 1.31. The van der Waals surface area contributed by atoms with Crippen LogP contribution in [0.3, 0.4) is 0 Å². The van der Waals surface area contributed by atoms with Crippen LogP contribution in [-0.4, -0.2) is 18.1 Å². The van der Waals surface area contributed by atoms with Gasteiger partial charge in [-0.2, -0.15) is 0 Å². The van der Waals surface area contributed by atoms with Crippen molar-refractivity contribution in [2.75, 3.05) is 7.11 Å². The van der Waals surface area contributed by atoms with Crippen LogP contribution in [0.1, 0.15) is 37.9 Å². The SMILES string of the molecule is CCCc1csc(C(C)(C)C(=O)OC)n1. The van der Waals surface area contributed by atoms with Gasteiger partial charge in [0, 0.05) is 5.38 Å². The van der Waals surface area contributed by atoms with E-state index in [1.54, 1.807) is 0 Å². The summed E-state index contributed by atoms with van der Waals surface area (Å²) in [6, 6.07) is 0. The van der Waals surface area contributed by atoms with Gasteiger partial charge in [-0.05, 0) is 20.3 Å². The van der Waals surface area contributed by atoms with Crippen LogP contribution in [0.5, 0.6) is 0 Å². The Balaban J connectivity index is 2.89. The van der Waals surface area contributed by atoms with Gasteiger partial charge < -0.3 is 4.74 Å². The quantitative estimate of drug-likeness (QED) is 0.742. The van der Waals surface area contributed by atoms with E-state index in [9.17, 15) is 4.79 Å². The lowest BCUT2D eigenvalue weighted by atomic mass is 9.95. The molecule has 0 aliphatic carbocycles. The minimum atomic E-state index is -0.634. The maximum Gasteiger partial charge on any atom is 0.318 e. The highest BCUT2D eigenvalue weighted by Gasteiger charge is 2.33. The maximum atomic E-state index is 11.5. The molecule has 4 heteroatoms. The molecule has 0 aromatic carbocycles. The van der Waals surface area contributed by atoms with E-state index < -0.39 is 5.41 Å². The highest BCUT2D eigenvalue weighted by atomic mass is 32.1. The van der Waals surface area contributed by atoms with Crippen LogP contribution in [0.25, 0.3) is 0 Å². The Morgan fingerprint density at radius 1 is 1.60 bits per heavy atom. The second-order valence-electron chi connectivity index (χ2n) is 4.01. The smallest absolute Gasteiger partial charge is 0.318 e. The Morgan fingerprint density at radius 2 is 2.27 bits per heavy atom. The van der Waals surface area contributed by atoms with E-state index in [0.29, 0.717) is 0 Å². The number of ether oxygens (including phenoxy) is 1. The average molecular weight is 227 g/mol. The van der Waals surface area contributed by atoms with E-state index >= 15 is 0 Å². The highest BCUT2D eigenvalue weighted by molar-refractivity contribution is 7.10. The van der Waals surface area contributed by atoms with Crippen molar-refractivity contribution in [1.29, 1.82) is 0 Å². The molecule has 0 unspecified atom stereocenters. The summed E-state index contributed by atoms with van der Waals surface area (Å²) in [7, 11) is 1.41. The number of hydrogen-bond acceptors (Lipinski definition) is 4. The molecule has 1 heterocycles.